The maximum atomic E-state index is 7.96. The molecule has 0 saturated carbocycles. The number of hydrogen-bond acceptors (Lipinski definition) is 2. The molecular formula is C12H18N2O. The van der Waals surface area contributed by atoms with Crippen LogP contribution in [0.2, 0.25) is 0 Å². The Hall–Kier alpha value is -1.35. The molecule has 15 heavy (non-hydrogen) atoms. The van der Waals surface area contributed by atoms with Gasteiger partial charge < -0.3 is 9.64 Å². The van der Waals surface area contributed by atoms with Gasteiger partial charge in [0.25, 0.3) is 0 Å². The lowest BCUT2D eigenvalue weighted by Crippen LogP contribution is -2.28. The molecule has 0 aliphatic carbocycles. The Labute approximate surface area is 91.2 Å². The van der Waals surface area contributed by atoms with E-state index in [4.69, 9.17) is 10.1 Å². The van der Waals surface area contributed by atoms with E-state index in [0.29, 0.717) is 5.84 Å². The summed E-state index contributed by atoms with van der Waals surface area (Å²) in [4.78, 5) is 1.94. The number of hydrogen-bond donors (Lipinski definition) is 1. The molecule has 0 heterocycles. The average molecular weight is 206 g/mol. The minimum atomic E-state index is 0.562. The number of amidine groups is 1. The van der Waals surface area contributed by atoms with Crippen molar-refractivity contribution in [2.45, 2.75) is 6.42 Å². The highest BCUT2D eigenvalue weighted by atomic mass is 16.5. The summed E-state index contributed by atoms with van der Waals surface area (Å²) in [6.45, 7) is 1.59. The van der Waals surface area contributed by atoms with Gasteiger partial charge in [-0.2, -0.15) is 0 Å². The van der Waals surface area contributed by atoms with Crippen LogP contribution >= 0.6 is 0 Å². The zero-order chi connectivity index (χ0) is 11.1. The summed E-state index contributed by atoms with van der Waals surface area (Å²) in [6, 6.07) is 9.77. The van der Waals surface area contributed by atoms with Crippen molar-refractivity contribution in [1.82, 2.24) is 4.90 Å². The van der Waals surface area contributed by atoms with Gasteiger partial charge in [-0.15, -0.1) is 0 Å². The highest BCUT2D eigenvalue weighted by molar-refractivity contribution is 5.96. The Morgan fingerprint density at radius 1 is 1.33 bits per heavy atom. The number of benzene rings is 1. The van der Waals surface area contributed by atoms with E-state index in [0.717, 1.165) is 25.1 Å². The van der Waals surface area contributed by atoms with Crippen LogP contribution in [0.1, 0.15) is 12.0 Å². The molecule has 0 saturated heterocycles. The summed E-state index contributed by atoms with van der Waals surface area (Å²) in [5, 5.41) is 7.96. The van der Waals surface area contributed by atoms with Gasteiger partial charge in [-0.05, 0) is 6.42 Å². The predicted molar refractivity (Wildman–Crippen MR) is 62.4 cm³/mol. The van der Waals surface area contributed by atoms with Gasteiger partial charge in [0.15, 0.2) is 0 Å². The third-order valence-electron chi connectivity index (χ3n) is 2.27. The highest BCUT2D eigenvalue weighted by Gasteiger charge is 2.05. The molecule has 82 valence electrons. The second-order valence-corrected chi connectivity index (χ2v) is 3.48. The van der Waals surface area contributed by atoms with Crippen molar-refractivity contribution in [3.8, 4) is 0 Å². The van der Waals surface area contributed by atoms with Gasteiger partial charge in [-0.1, -0.05) is 30.3 Å². The molecule has 1 N–H and O–H groups in total. The van der Waals surface area contributed by atoms with Crippen LogP contribution in [0.3, 0.4) is 0 Å². The largest absolute Gasteiger partial charge is 0.385 e. The van der Waals surface area contributed by atoms with Gasteiger partial charge in [0.05, 0.1) is 0 Å². The Morgan fingerprint density at radius 2 is 2.00 bits per heavy atom. The highest BCUT2D eigenvalue weighted by Crippen LogP contribution is 2.03. The van der Waals surface area contributed by atoms with E-state index < -0.39 is 0 Å². The first-order valence-electron chi connectivity index (χ1n) is 5.09. The molecule has 0 spiro atoms. The SMILES string of the molecule is COCCCN(C)C(=N)c1ccccc1. The summed E-state index contributed by atoms with van der Waals surface area (Å²) in [5.74, 6) is 0.562. The van der Waals surface area contributed by atoms with E-state index in [-0.39, 0.29) is 0 Å². The van der Waals surface area contributed by atoms with Crippen molar-refractivity contribution < 1.29 is 4.74 Å². The monoisotopic (exact) mass is 206 g/mol. The summed E-state index contributed by atoms with van der Waals surface area (Å²) in [5.41, 5.74) is 0.956. The Kier molecular flexibility index (Phi) is 4.84. The topological polar surface area (TPSA) is 36.3 Å². The molecule has 1 aromatic carbocycles. The van der Waals surface area contributed by atoms with Gasteiger partial charge in [0, 0.05) is 32.9 Å². The molecule has 0 aliphatic rings. The molecule has 0 bridgehead atoms. The first-order valence-corrected chi connectivity index (χ1v) is 5.09. The standard InChI is InChI=1S/C12H18N2O/c1-14(9-6-10-15-2)12(13)11-7-4-3-5-8-11/h3-5,7-8,13H,6,9-10H2,1-2H3. The van der Waals surface area contributed by atoms with E-state index in [9.17, 15) is 0 Å². The van der Waals surface area contributed by atoms with Crippen molar-refractivity contribution in [3.63, 3.8) is 0 Å². The zero-order valence-electron chi connectivity index (χ0n) is 9.36. The maximum Gasteiger partial charge on any atom is 0.127 e. The molecule has 0 amide bonds. The Morgan fingerprint density at radius 3 is 2.60 bits per heavy atom. The Bertz CT molecular complexity index is 298. The number of ether oxygens (including phenoxy) is 1. The van der Waals surface area contributed by atoms with Crippen LogP contribution in [0.5, 0.6) is 0 Å². The van der Waals surface area contributed by atoms with Gasteiger partial charge in [0.2, 0.25) is 0 Å². The number of rotatable bonds is 5. The molecule has 0 aliphatic heterocycles. The van der Waals surface area contributed by atoms with Crippen molar-refractivity contribution in [3.05, 3.63) is 35.9 Å². The Balaban J connectivity index is 2.46. The second kappa shape index (κ2) is 6.19. The summed E-state index contributed by atoms with van der Waals surface area (Å²) in [7, 11) is 3.63. The van der Waals surface area contributed by atoms with E-state index in [1.165, 1.54) is 0 Å². The fourth-order valence-electron chi connectivity index (χ4n) is 1.37. The van der Waals surface area contributed by atoms with Gasteiger partial charge >= 0.3 is 0 Å². The predicted octanol–water partition coefficient (Wildman–Crippen LogP) is 1.98. The minimum Gasteiger partial charge on any atom is -0.385 e. The van der Waals surface area contributed by atoms with Gasteiger partial charge in [0.1, 0.15) is 5.84 Å². The van der Waals surface area contributed by atoms with Crippen LogP contribution in [0.25, 0.3) is 0 Å². The van der Waals surface area contributed by atoms with Gasteiger partial charge in [-0.3, -0.25) is 5.41 Å². The molecular weight excluding hydrogens is 188 g/mol. The van der Waals surface area contributed by atoms with Crippen LogP contribution in [-0.4, -0.2) is 38.0 Å². The summed E-state index contributed by atoms with van der Waals surface area (Å²) < 4.78 is 4.98. The summed E-state index contributed by atoms with van der Waals surface area (Å²) in [6.07, 6.45) is 0.947. The lowest BCUT2D eigenvalue weighted by molar-refractivity contribution is 0.188. The maximum absolute atomic E-state index is 7.96. The number of nitrogens with one attached hydrogen (secondary N) is 1. The van der Waals surface area contributed by atoms with Crippen LogP contribution in [0.4, 0.5) is 0 Å². The fourth-order valence-corrected chi connectivity index (χ4v) is 1.37. The molecule has 1 aromatic rings. The first kappa shape index (κ1) is 11.7. The average Bonchev–Trinajstić information content (AvgIpc) is 2.29. The number of methoxy groups -OCH3 is 1. The van der Waals surface area contributed by atoms with Crippen LogP contribution in [0, 0.1) is 5.41 Å². The number of nitrogens with zero attached hydrogens (tertiary/aromatic N) is 1. The van der Waals surface area contributed by atoms with Crippen LogP contribution < -0.4 is 0 Å². The smallest absolute Gasteiger partial charge is 0.127 e. The minimum absolute atomic E-state index is 0.562. The van der Waals surface area contributed by atoms with Crippen molar-refractivity contribution in [1.29, 1.82) is 5.41 Å². The molecule has 1 rings (SSSR count). The summed E-state index contributed by atoms with van der Waals surface area (Å²) >= 11 is 0. The van der Waals surface area contributed by atoms with Crippen LogP contribution in [0.15, 0.2) is 30.3 Å². The van der Waals surface area contributed by atoms with Crippen molar-refractivity contribution in [2.75, 3.05) is 27.3 Å². The van der Waals surface area contributed by atoms with E-state index in [1.54, 1.807) is 7.11 Å². The van der Waals surface area contributed by atoms with Crippen molar-refractivity contribution in [2.24, 2.45) is 0 Å². The third kappa shape index (κ3) is 3.72. The van der Waals surface area contributed by atoms with E-state index in [1.807, 2.05) is 42.3 Å². The lowest BCUT2D eigenvalue weighted by Gasteiger charge is -2.19. The molecule has 0 fully saturated rings. The zero-order valence-corrected chi connectivity index (χ0v) is 9.36. The molecule has 0 unspecified atom stereocenters. The van der Waals surface area contributed by atoms with E-state index in [2.05, 4.69) is 0 Å². The van der Waals surface area contributed by atoms with Crippen LogP contribution in [-0.2, 0) is 4.74 Å². The molecule has 3 heteroatoms. The quantitative estimate of drug-likeness (QED) is 0.454. The molecule has 0 aromatic heterocycles. The normalized spacial score (nSPS) is 10.0. The van der Waals surface area contributed by atoms with Gasteiger partial charge in [-0.25, -0.2) is 0 Å². The van der Waals surface area contributed by atoms with E-state index >= 15 is 0 Å². The molecule has 0 atom stereocenters. The second-order valence-electron chi connectivity index (χ2n) is 3.48. The van der Waals surface area contributed by atoms with Crippen molar-refractivity contribution >= 4 is 5.84 Å². The molecule has 3 nitrogen and oxygen atoms in total. The fraction of sp³-hybridized carbons (Fsp3) is 0.417. The third-order valence-corrected chi connectivity index (χ3v) is 2.27. The first-order chi connectivity index (χ1) is 7.25. The lowest BCUT2D eigenvalue weighted by atomic mass is 10.2. The molecule has 0 radical (unpaired) electrons.